The van der Waals surface area contributed by atoms with Crippen molar-refractivity contribution >= 4 is 17.7 Å². The Morgan fingerprint density at radius 3 is 2.88 bits per heavy atom. The topological polar surface area (TPSA) is 105 Å². The molecule has 1 unspecified atom stereocenters. The summed E-state index contributed by atoms with van der Waals surface area (Å²) in [4.78, 5) is 25.0. The van der Waals surface area contributed by atoms with Crippen LogP contribution in [-0.2, 0) is 29.4 Å². The first-order valence-electron chi connectivity index (χ1n) is 11.0. The molecule has 2 amide bonds. The largest absolute Gasteiger partial charge is 0.442 e. The summed E-state index contributed by atoms with van der Waals surface area (Å²) in [6, 6.07) is 5.18. The highest BCUT2D eigenvalue weighted by Crippen LogP contribution is 2.39. The Hall–Kier alpha value is -3.69. The molecule has 0 radical (unpaired) electrons. The lowest BCUT2D eigenvalue weighted by molar-refractivity contribution is -0.119. The third-order valence-corrected chi connectivity index (χ3v) is 6.27. The van der Waals surface area contributed by atoms with E-state index in [2.05, 4.69) is 20.6 Å². The number of carbonyl (C=O) groups excluding carboxylic acids is 2. The maximum Gasteiger partial charge on any atom is 0.414 e. The van der Waals surface area contributed by atoms with Crippen LogP contribution in [-0.4, -0.2) is 51.2 Å². The van der Waals surface area contributed by atoms with Gasteiger partial charge in [-0.05, 0) is 49.9 Å². The minimum Gasteiger partial charge on any atom is -0.442 e. The molecule has 5 rings (SSSR count). The number of anilines is 1. The Bertz CT molecular complexity index is 1240. The molecule has 0 spiro atoms. The molecule has 1 atom stereocenters. The third-order valence-electron chi connectivity index (χ3n) is 6.27. The monoisotopic (exact) mass is 452 g/mol. The number of carbonyl (C=O) groups is 2. The number of cyclic esters (lactones) is 1. The van der Waals surface area contributed by atoms with Gasteiger partial charge in [0.2, 0.25) is 5.91 Å². The highest BCUT2D eigenvalue weighted by Gasteiger charge is 2.34. The smallest absolute Gasteiger partial charge is 0.414 e. The molecule has 1 aromatic carbocycles. The zero-order valence-electron chi connectivity index (χ0n) is 18.7. The molecule has 1 aliphatic heterocycles. The fourth-order valence-electron chi connectivity index (χ4n) is 4.53. The zero-order chi connectivity index (χ0) is 23.3. The first kappa shape index (κ1) is 21.2. The number of H-pyrrole nitrogens is 1. The minimum absolute atomic E-state index is 0.199. The SMILES string of the molecule is CC(=O)NCC1CN(c2cc(F)c3c(c2)CCCc2c-3n[nH]c2-c2cc(C)n(C)n2)C(=O)O1. The fraction of sp³-hybridized carbons (Fsp3) is 0.391. The van der Waals surface area contributed by atoms with Gasteiger partial charge in [-0.2, -0.15) is 10.2 Å². The van der Waals surface area contributed by atoms with E-state index in [0.717, 1.165) is 41.1 Å². The predicted octanol–water partition coefficient (Wildman–Crippen LogP) is 2.87. The number of nitrogens with zero attached hydrogens (tertiary/aromatic N) is 4. The van der Waals surface area contributed by atoms with E-state index in [4.69, 9.17) is 4.74 Å². The lowest BCUT2D eigenvalue weighted by Gasteiger charge is -2.17. The van der Waals surface area contributed by atoms with Crippen molar-refractivity contribution in [2.24, 2.45) is 7.05 Å². The maximum atomic E-state index is 15.5. The van der Waals surface area contributed by atoms with Crippen LogP contribution >= 0.6 is 0 Å². The molecule has 1 aliphatic carbocycles. The number of fused-ring (bicyclic) bond motifs is 3. The molecule has 1 saturated heterocycles. The molecule has 1 fully saturated rings. The number of halogens is 1. The summed E-state index contributed by atoms with van der Waals surface area (Å²) in [6.07, 6.45) is 1.19. The third kappa shape index (κ3) is 3.75. The summed E-state index contributed by atoms with van der Waals surface area (Å²) in [5, 5.41) is 14.7. The van der Waals surface area contributed by atoms with E-state index in [1.54, 1.807) is 4.68 Å². The molecular formula is C23H25FN6O3. The molecule has 3 heterocycles. The lowest BCUT2D eigenvalue weighted by atomic mass is 9.99. The van der Waals surface area contributed by atoms with Crippen LogP contribution in [0.3, 0.4) is 0 Å². The molecule has 3 aromatic rings. The van der Waals surface area contributed by atoms with Gasteiger partial charge in [-0.15, -0.1) is 0 Å². The number of nitrogens with one attached hydrogen (secondary N) is 2. The Kier molecular flexibility index (Phi) is 5.15. The maximum absolute atomic E-state index is 15.5. The normalized spacial score (nSPS) is 17.4. The van der Waals surface area contributed by atoms with Gasteiger partial charge < -0.3 is 10.1 Å². The molecule has 2 aliphatic rings. The number of aryl methyl sites for hydroxylation is 3. The van der Waals surface area contributed by atoms with E-state index in [1.165, 1.54) is 17.9 Å². The Morgan fingerprint density at radius 1 is 1.33 bits per heavy atom. The molecule has 0 saturated carbocycles. The van der Waals surface area contributed by atoms with Gasteiger partial charge in [0.1, 0.15) is 17.6 Å². The molecule has 2 N–H and O–H groups in total. The van der Waals surface area contributed by atoms with E-state index >= 15 is 4.39 Å². The van der Waals surface area contributed by atoms with Gasteiger partial charge >= 0.3 is 6.09 Å². The minimum atomic E-state index is -0.549. The summed E-state index contributed by atoms with van der Waals surface area (Å²) in [5.74, 6) is -0.630. The number of rotatable bonds is 4. The first-order chi connectivity index (χ1) is 15.8. The van der Waals surface area contributed by atoms with E-state index < -0.39 is 18.0 Å². The number of ether oxygens (including phenoxy) is 1. The van der Waals surface area contributed by atoms with Crippen LogP contribution in [0.2, 0.25) is 0 Å². The van der Waals surface area contributed by atoms with E-state index in [9.17, 15) is 9.59 Å². The van der Waals surface area contributed by atoms with E-state index in [1.807, 2.05) is 26.1 Å². The van der Waals surface area contributed by atoms with Crippen molar-refractivity contribution in [1.29, 1.82) is 0 Å². The number of benzene rings is 1. The molecule has 10 heteroatoms. The summed E-state index contributed by atoms with van der Waals surface area (Å²) < 4.78 is 22.6. The number of amides is 2. The van der Waals surface area contributed by atoms with Crippen molar-refractivity contribution < 1.29 is 18.7 Å². The molecule has 0 bridgehead atoms. The van der Waals surface area contributed by atoms with Crippen molar-refractivity contribution in [1.82, 2.24) is 25.3 Å². The summed E-state index contributed by atoms with van der Waals surface area (Å²) in [7, 11) is 1.88. The van der Waals surface area contributed by atoms with Crippen LogP contribution in [0.1, 0.15) is 30.2 Å². The summed E-state index contributed by atoms with van der Waals surface area (Å²) in [6.45, 7) is 3.85. The van der Waals surface area contributed by atoms with Crippen molar-refractivity contribution in [3.63, 3.8) is 0 Å². The van der Waals surface area contributed by atoms with Crippen LogP contribution in [0.5, 0.6) is 0 Å². The van der Waals surface area contributed by atoms with Gasteiger partial charge in [0.15, 0.2) is 0 Å². The van der Waals surface area contributed by atoms with Gasteiger partial charge in [-0.3, -0.25) is 19.5 Å². The quantitative estimate of drug-likeness (QED) is 0.633. The standard InChI is InChI=1S/C23H25FN6O3/c1-12-7-19(28-29(12)3)21-17-6-4-5-14-8-15(9-18(24)20(14)22(17)27-26-21)30-11-16(33-23(30)32)10-25-13(2)31/h7-9,16H,4-6,10-11H2,1-3H3,(H,25,31)(H,26,27). The van der Waals surface area contributed by atoms with Crippen molar-refractivity contribution in [3.8, 4) is 22.6 Å². The molecule has 2 aromatic heterocycles. The number of hydrogen-bond acceptors (Lipinski definition) is 5. The van der Waals surface area contributed by atoms with Gasteiger partial charge in [0, 0.05) is 30.8 Å². The van der Waals surface area contributed by atoms with Gasteiger partial charge in [0.25, 0.3) is 0 Å². The van der Waals surface area contributed by atoms with Crippen molar-refractivity contribution in [2.45, 2.75) is 39.2 Å². The van der Waals surface area contributed by atoms with Crippen LogP contribution in [0, 0.1) is 12.7 Å². The molecule has 9 nitrogen and oxygen atoms in total. The van der Waals surface area contributed by atoms with Gasteiger partial charge in [0.05, 0.1) is 30.2 Å². The first-order valence-corrected chi connectivity index (χ1v) is 11.0. The number of aromatic amines is 1. The second-order valence-corrected chi connectivity index (χ2v) is 8.59. The van der Waals surface area contributed by atoms with Crippen LogP contribution < -0.4 is 10.2 Å². The number of hydrogen-bond donors (Lipinski definition) is 2. The zero-order valence-corrected chi connectivity index (χ0v) is 18.7. The summed E-state index contributed by atoms with van der Waals surface area (Å²) in [5.41, 5.74) is 5.88. The fourth-order valence-corrected chi connectivity index (χ4v) is 4.53. The molecule has 33 heavy (non-hydrogen) atoms. The number of aromatic nitrogens is 4. The Labute approximate surface area is 189 Å². The average molecular weight is 452 g/mol. The second kappa shape index (κ2) is 8.02. The predicted molar refractivity (Wildman–Crippen MR) is 119 cm³/mol. The Balaban J connectivity index is 1.49. The van der Waals surface area contributed by atoms with Gasteiger partial charge in [-0.1, -0.05) is 0 Å². The second-order valence-electron chi connectivity index (χ2n) is 8.59. The highest BCUT2D eigenvalue weighted by atomic mass is 19.1. The average Bonchev–Trinajstić information content (AvgIpc) is 3.40. The molecule has 172 valence electrons. The van der Waals surface area contributed by atoms with Crippen molar-refractivity contribution in [2.75, 3.05) is 18.0 Å². The van der Waals surface area contributed by atoms with Gasteiger partial charge in [-0.25, -0.2) is 9.18 Å². The molecular weight excluding hydrogens is 427 g/mol. The van der Waals surface area contributed by atoms with Crippen LogP contribution in [0.25, 0.3) is 22.6 Å². The Morgan fingerprint density at radius 2 is 2.15 bits per heavy atom. The van der Waals surface area contributed by atoms with Crippen LogP contribution in [0.15, 0.2) is 18.2 Å². The van der Waals surface area contributed by atoms with E-state index in [0.29, 0.717) is 23.4 Å². The van der Waals surface area contributed by atoms with Crippen LogP contribution in [0.4, 0.5) is 14.9 Å². The highest BCUT2D eigenvalue weighted by molar-refractivity contribution is 5.91. The lowest BCUT2D eigenvalue weighted by Crippen LogP contribution is -2.33. The summed E-state index contributed by atoms with van der Waals surface area (Å²) >= 11 is 0. The van der Waals surface area contributed by atoms with E-state index in [-0.39, 0.29) is 19.0 Å². The van der Waals surface area contributed by atoms with Crippen molar-refractivity contribution in [3.05, 3.63) is 40.8 Å².